The Morgan fingerprint density at radius 3 is 2.67 bits per heavy atom. The number of hydrogen-bond donors (Lipinski definition) is 0. The summed E-state index contributed by atoms with van der Waals surface area (Å²) in [6.45, 7) is 4.95. The summed E-state index contributed by atoms with van der Waals surface area (Å²) < 4.78 is 1.75. The van der Waals surface area contributed by atoms with E-state index in [0.717, 1.165) is 24.9 Å². The van der Waals surface area contributed by atoms with E-state index < -0.39 is 0 Å². The van der Waals surface area contributed by atoms with Crippen molar-refractivity contribution in [1.29, 1.82) is 0 Å². The fourth-order valence-corrected chi connectivity index (χ4v) is 1.19. The molecule has 2 heteroatoms. The number of hydrogen-bond acceptors (Lipinski definition) is 1. The van der Waals surface area contributed by atoms with Gasteiger partial charge < -0.3 is 4.57 Å². The maximum absolute atomic E-state index is 11.4. The molecule has 12 heavy (non-hydrogen) atoms. The van der Waals surface area contributed by atoms with Crippen molar-refractivity contribution >= 4 is 0 Å². The van der Waals surface area contributed by atoms with Gasteiger partial charge >= 0.3 is 0 Å². The highest BCUT2D eigenvalue weighted by Gasteiger charge is 1.94. The molecule has 1 heterocycles. The molecule has 0 aliphatic carbocycles. The first-order valence-corrected chi connectivity index (χ1v) is 4.47. The molecule has 0 atom stereocenters. The van der Waals surface area contributed by atoms with Gasteiger partial charge in [-0.1, -0.05) is 13.8 Å². The van der Waals surface area contributed by atoms with E-state index in [0.29, 0.717) is 0 Å². The third kappa shape index (κ3) is 1.97. The molecule has 1 aromatic heterocycles. The molecule has 66 valence electrons. The van der Waals surface area contributed by atoms with Gasteiger partial charge in [0.15, 0.2) is 0 Å². The van der Waals surface area contributed by atoms with E-state index in [4.69, 9.17) is 0 Å². The zero-order valence-corrected chi connectivity index (χ0v) is 7.71. The van der Waals surface area contributed by atoms with Crippen LogP contribution in [0.3, 0.4) is 0 Å². The van der Waals surface area contributed by atoms with Crippen LogP contribution < -0.4 is 5.56 Å². The van der Waals surface area contributed by atoms with Gasteiger partial charge in [-0.15, -0.1) is 0 Å². The van der Waals surface area contributed by atoms with Gasteiger partial charge in [-0.25, -0.2) is 0 Å². The molecule has 0 unspecified atom stereocenters. The second-order valence-corrected chi connectivity index (χ2v) is 2.92. The molecule has 1 rings (SSSR count). The minimum atomic E-state index is 0.121. The number of aryl methyl sites for hydroxylation is 2. The molecule has 0 amide bonds. The summed E-state index contributed by atoms with van der Waals surface area (Å²) in [4.78, 5) is 11.4. The lowest BCUT2D eigenvalue weighted by Crippen LogP contribution is -2.18. The molecule has 0 N–H and O–H groups in total. The van der Waals surface area contributed by atoms with Gasteiger partial charge in [-0.2, -0.15) is 0 Å². The standard InChI is InChI=1S/C10H15NO/c1-3-6-11-7-5-9(4-2)8-10(11)12/h5,7-8H,3-4,6H2,1-2H3. The lowest BCUT2D eigenvalue weighted by Gasteiger charge is -2.03. The summed E-state index contributed by atoms with van der Waals surface area (Å²) in [7, 11) is 0. The van der Waals surface area contributed by atoms with Crippen molar-refractivity contribution in [2.45, 2.75) is 33.2 Å². The Morgan fingerprint density at radius 1 is 1.42 bits per heavy atom. The summed E-state index contributed by atoms with van der Waals surface area (Å²) in [5, 5.41) is 0. The van der Waals surface area contributed by atoms with E-state index in [9.17, 15) is 4.79 Å². The monoisotopic (exact) mass is 165 g/mol. The summed E-state index contributed by atoms with van der Waals surface area (Å²) in [6.07, 6.45) is 3.82. The first-order chi connectivity index (χ1) is 5.77. The van der Waals surface area contributed by atoms with Gasteiger partial charge in [0.25, 0.3) is 5.56 Å². The third-order valence-corrected chi connectivity index (χ3v) is 1.93. The Labute approximate surface area is 72.8 Å². The summed E-state index contributed by atoms with van der Waals surface area (Å²) in [5.41, 5.74) is 1.24. The molecular weight excluding hydrogens is 150 g/mol. The minimum Gasteiger partial charge on any atom is -0.316 e. The van der Waals surface area contributed by atoms with Crippen molar-refractivity contribution in [3.05, 3.63) is 34.2 Å². The van der Waals surface area contributed by atoms with Crippen LogP contribution in [-0.4, -0.2) is 4.57 Å². The molecule has 0 aromatic carbocycles. The van der Waals surface area contributed by atoms with Crippen molar-refractivity contribution < 1.29 is 0 Å². The minimum absolute atomic E-state index is 0.121. The number of nitrogens with zero attached hydrogens (tertiary/aromatic N) is 1. The predicted octanol–water partition coefficient (Wildman–Crippen LogP) is 1.82. The smallest absolute Gasteiger partial charge is 0.250 e. The normalized spacial score (nSPS) is 10.2. The molecule has 0 fully saturated rings. The first-order valence-electron chi connectivity index (χ1n) is 4.47. The molecular formula is C10H15NO. The summed E-state index contributed by atoms with van der Waals surface area (Å²) in [5.74, 6) is 0. The molecule has 0 spiro atoms. The summed E-state index contributed by atoms with van der Waals surface area (Å²) in [6, 6.07) is 3.73. The molecule has 0 bridgehead atoms. The van der Waals surface area contributed by atoms with Gasteiger partial charge in [0.1, 0.15) is 0 Å². The van der Waals surface area contributed by atoms with Gasteiger partial charge in [-0.05, 0) is 24.5 Å². The fourth-order valence-electron chi connectivity index (χ4n) is 1.19. The molecule has 0 saturated heterocycles. The average molecular weight is 165 g/mol. The Kier molecular flexibility index (Phi) is 3.09. The first kappa shape index (κ1) is 9.04. The largest absolute Gasteiger partial charge is 0.316 e. The van der Waals surface area contributed by atoms with E-state index in [2.05, 4.69) is 13.8 Å². The van der Waals surface area contributed by atoms with Crippen molar-refractivity contribution in [1.82, 2.24) is 4.57 Å². The van der Waals surface area contributed by atoms with Crippen LogP contribution >= 0.6 is 0 Å². The zero-order valence-electron chi connectivity index (χ0n) is 7.71. The van der Waals surface area contributed by atoms with Crippen molar-refractivity contribution in [3.63, 3.8) is 0 Å². The second kappa shape index (κ2) is 4.10. The molecule has 1 aromatic rings. The Balaban J connectivity index is 2.96. The van der Waals surface area contributed by atoms with Crippen molar-refractivity contribution in [2.24, 2.45) is 0 Å². The van der Waals surface area contributed by atoms with E-state index in [1.807, 2.05) is 12.3 Å². The number of aromatic nitrogens is 1. The van der Waals surface area contributed by atoms with Crippen molar-refractivity contribution in [3.8, 4) is 0 Å². The SMILES string of the molecule is CCCn1ccc(CC)cc1=O. The van der Waals surface area contributed by atoms with Crippen LogP contribution in [0.15, 0.2) is 23.1 Å². The van der Waals surface area contributed by atoms with Gasteiger partial charge in [0, 0.05) is 18.8 Å². The molecule has 0 saturated carbocycles. The highest BCUT2D eigenvalue weighted by Crippen LogP contribution is 1.95. The summed E-state index contributed by atoms with van der Waals surface area (Å²) >= 11 is 0. The van der Waals surface area contributed by atoms with Crippen molar-refractivity contribution in [2.75, 3.05) is 0 Å². The molecule has 0 aliphatic rings. The van der Waals surface area contributed by atoms with E-state index in [-0.39, 0.29) is 5.56 Å². The van der Waals surface area contributed by atoms with Gasteiger partial charge in [0.2, 0.25) is 0 Å². The predicted molar refractivity (Wildman–Crippen MR) is 50.4 cm³/mol. The fraction of sp³-hybridized carbons (Fsp3) is 0.500. The van der Waals surface area contributed by atoms with Crippen LogP contribution in [0.1, 0.15) is 25.8 Å². The van der Waals surface area contributed by atoms with Crippen LogP contribution in [0.25, 0.3) is 0 Å². The maximum Gasteiger partial charge on any atom is 0.250 e. The maximum atomic E-state index is 11.4. The highest BCUT2D eigenvalue weighted by molar-refractivity contribution is 5.10. The third-order valence-electron chi connectivity index (χ3n) is 1.93. The average Bonchev–Trinajstić information content (AvgIpc) is 2.09. The number of rotatable bonds is 3. The topological polar surface area (TPSA) is 22.0 Å². The van der Waals surface area contributed by atoms with Crippen LogP contribution in [0, 0.1) is 0 Å². The molecule has 0 aliphatic heterocycles. The van der Waals surface area contributed by atoms with Gasteiger partial charge in [-0.3, -0.25) is 4.79 Å². The van der Waals surface area contributed by atoms with Crippen LogP contribution in [0.5, 0.6) is 0 Å². The Hall–Kier alpha value is -1.05. The quantitative estimate of drug-likeness (QED) is 0.669. The van der Waals surface area contributed by atoms with Crippen LogP contribution in [0.2, 0.25) is 0 Å². The second-order valence-electron chi connectivity index (χ2n) is 2.92. The number of pyridine rings is 1. The van der Waals surface area contributed by atoms with Crippen LogP contribution in [0.4, 0.5) is 0 Å². The Bertz CT molecular complexity index is 301. The highest BCUT2D eigenvalue weighted by atomic mass is 16.1. The zero-order chi connectivity index (χ0) is 8.97. The van der Waals surface area contributed by atoms with Gasteiger partial charge in [0.05, 0.1) is 0 Å². The lowest BCUT2D eigenvalue weighted by molar-refractivity contribution is 0.652. The van der Waals surface area contributed by atoms with Crippen LogP contribution in [-0.2, 0) is 13.0 Å². The Morgan fingerprint density at radius 2 is 2.17 bits per heavy atom. The molecule has 0 radical (unpaired) electrons. The van der Waals surface area contributed by atoms with E-state index >= 15 is 0 Å². The van der Waals surface area contributed by atoms with E-state index in [1.54, 1.807) is 10.6 Å². The van der Waals surface area contributed by atoms with E-state index in [1.165, 1.54) is 0 Å². The molecule has 2 nitrogen and oxygen atoms in total. The lowest BCUT2D eigenvalue weighted by atomic mass is 10.2.